The van der Waals surface area contributed by atoms with Gasteiger partial charge in [-0.3, -0.25) is 4.79 Å². The lowest BCUT2D eigenvalue weighted by atomic mass is 9.65. The predicted molar refractivity (Wildman–Crippen MR) is 88.7 cm³/mol. The summed E-state index contributed by atoms with van der Waals surface area (Å²) in [4.78, 5) is 25.5. The fourth-order valence-electron chi connectivity index (χ4n) is 4.11. The maximum Gasteiger partial charge on any atom is 0.223 e. The van der Waals surface area contributed by atoms with Gasteiger partial charge in [0.15, 0.2) is 0 Å². The molecule has 1 spiro atoms. The molecule has 22 heavy (non-hydrogen) atoms. The molecule has 0 unspecified atom stereocenters. The monoisotopic (exact) mass is 308 g/mol. The quantitative estimate of drug-likeness (QED) is 0.821. The third-order valence-electron chi connectivity index (χ3n) is 5.69. The highest BCUT2D eigenvalue weighted by Gasteiger charge is 2.39. The Hall–Kier alpha value is -0.900. The van der Waals surface area contributed by atoms with Crippen LogP contribution in [0, 0.1) is 11.3 Å². The zero-order valence-electron chi connectivity index (χ0n) is 14.3. The normalized spacial score (nSPS) is 22.6. The van der Waals surface area contributed by atoms with E-state index in [9.17, 15) is 9.59 Å². The fraction of sp³-hybridized carbons (Fsp3) is 0.889. The Morgan fingerprint density at radius 2 is 1.77 bits per heavy atom. The number of ketones is 1. The van der Waals surface area contributed by atoms with Crippen LogP contribution in [0.4, 0.5) is 0 Å². The van der Waals surface area contributed by atoms with Crippen LogP contribution in [0.15, 0.2) is 0 Å². The van der Waals surface area contributed by atoms with Crippen molar-refractivity contribution in [3.8, 4) is 0 Å². The van der Waals surface area contributed by atoms with Gasteiger partial charge in [0.1, 0.15) is 5.78 Å². The van der Waals surface area contributed by atoms with Gasteiger partial charge in [0.2, 0.25) is 5.91 Å². The third kappa shape index (κ3) is 4.80. The average Bonchev–Trinajstić information content (AvgIpc) is 2.50. The summed E-state index contributed by atoms with van der Waals surface area (Å²) in [5.41, 5.74) is 0.500. The van der Waals surface area contributed by atoms with Gasteiger partial charge in [-0.15, -0.1) is 0 Å². The molecule has 2 aliphatic rings. The fourth-order valence-corrected chi connectivity index (χ4v) is 4.11. The first-order valence-electron chi connectivity index (χ1n) is 9.04. The second kappa shape index (κ2) is 8.09. The maximum atomic E-state index is 11.9. The van der Waals surface area contributed by atoms with E-state index in [-0.39, 0.29) is 11.8 Å². The van der Waals surface area contributed by atoms with Gasteiger partial charge in [0.25, 0.3) is 0 Å². The van der Waals surface area contributed by atoms with Crippen LogP contribution < -0.4 is 5.32 Å². The summed E-state index contributed by atoms with van der Waals surface area (Å²) in [5, 5.41) is 2.97. The van der Waals surface area contributed by atoms with Crippen LogP contribution in [0.5, 0.6) is 0 Å². The Kier molecular flexibility index (Phi) is 6.42. The molecule has 1 aliphatic carbocycles. The number of rotatable bonds is 6. The number of carbonyl (C=O) groups excluding carboxylic acids is 2. The number of hydrogen-bond acceptors (Lipinski definition) is 3. The summed E-state index contributed by atoms with van der Waals surface area (Å²) >= 11 is 0. The number of piperidine rings is 1. The standard InChI is InChI=1S/C18H32N2O2/c1-3-19-17(22)16-6-8-18(9-7-16)10-13-20(14-11-18)12-4-5-15(2)21/h16H,3-14H2,1-2H3,(H,19,22). The molecule has 0 aromatic rings. The average molecular weight is 308 g/mol. The van der Waals surface area contributed by atoms with E-state index in [0.29, 0.717) is 11.2 Å². The molecule has 4 nitrogen and oxygen atoms in total. The van der Waals surface area contributed by atoms with Crippen LogP contribution in [0.1, 0.15) is 65.2 Å². The molecule has 1 saturated heterocycles. The van der Waals surface area contributed by atoms with Gasteiger partial charge in [0.05, 0.1) is 0 Å². The zero-order valence-corrected chi connectivity index (χ0v) is 14.3. The molecule has 2 fully saturated rings. The van der Waals surface area contributed by atoms with Gasteiger partial charge in [-0.05, 0) is 83.8 Å². The lowest BCUT2D eigenvalue weighted by Gasteiger charge is -2.45. The van der Waals surface area contributed by atoms with Crippen LogP contribution in [0.2, 0.25) is 0 Å². The first-order valence-corrected chi connectivity index (χ1v) is 9.04. The molecule has 0 radical (unpaired) electrons. The summed E-state index contributed by atoms with van der Waals surface area (Å²) in [5.74, 6) is 0.815. The highest BCUT2D eigenvalue weighted by Crippen LogP contribution is 2.46. The Morgan fingerprint density at radius 1 is 1.14 bits per heavy atom. The Balaban J connectivity index is 1.70. The minimum Gasteiger partial charge on any atom is -0.356 e. The van der Waals surface area contributed by atoms with E-state index in [1.807, 2.05) is 6.92 Å². The Labute approximate surface area is 135 Å². The number of Topliss-reactive ketones (excluding diaryl/α,β-unsaturated/α-hetero) is 1. The van der Waals surface area contributed by atoms with E-state index in [1.165, 1.54) is 38.8 Å². The number of nitrogens with zero attached hydrogens (tertiary/aromatic N) is 1. The molecule has 0 aromatic heterocycles. The predicted octanol–water partition coefficient (Wildman–Crippen LogP) is 2.76. The molecule has 4 heteroatoms. The van der Waals surface area contributed by atoms with Crippen molar-refractivity contribution < 1.29 is 9.59 Å². The van der Waals surface area contributed by atoms with Crippen molar-refractivity contribution in [1.29, 1.82) is 0 Å². The second-order valence-corrected chi connectivity index (χ2v) is 7.32. The SMILES string of the molecule is CCNC(=O)C1CCC2(CC1)CCN(CCCC(C)=O)CC2. The van der Waals surface area contributed by atoms with Gasteiger partial charge in [-0.2, -0.15) is 0 Å². The molecule has 0 aromatic carbocycles. The van der Waals surface area contributed by atoms with E-state index >= 15 is 0 Å². The van der Waals surface area contributed by atoms with Gasteiger partial charge >= 0.3 is 0 Å². The first-order chi connectivity index (χ1) is 10.5. The van der Waals surface area contributed by atoms with E-state index < -0.39 is 0 Å². The molecule has 126 valence electrons. The second-order valence-electron chi connectivity index (χ2n) is 7.32. The van der Waals surface area contributed by atoms with E-state index in [4.69, 9.17) is 0 Å². The molecule has 1 aliphatic heterocycles. The molecule has 1 amide bonds. The molecule has 2 rings (SSSR count). The smallest absolute Gasteiger partial charge is 0.223 e. The molecule has 1 N–H and O–H groups in total. The molecule has 0 atom stereocenters. The molecular weight excluding hydrogens is 276 g/mol. The van der Waals surface area contributed by atoms with Crippen molar-refractivity contribution in [1.82, 2.24) is 10.2 Å². The van der Waals surface area contributed by atoms with E-state index in [2.05, 4.69) is 10.2 Å². The van der Waals surface area contributed by atoms with Crippen LogP contribution in [-0.4, -0.2) is 42.8 Å². The summed E-state index contributed by atoms with van der Waals surface area (Å²) in [6, 6.07) is 0. The van der Waals surface area contributed by atoms with Crippen LogP contribution >= 0.6 is 0 Å². The zero-order chi connectivity index (χ0) is 16.0. The molecule has 1 saturated carbocycles. The van der Waals surface area contributed by atoms with Gasteiger partial charge in [0, 0.05) is 18.9 Å². The maximum absolute atomic E-state index is 11.9. The van der Waals surface area contributed by atoms with Crippen LogP contribution in [0.3, 0.4) is 0 Å². The minimum absolute atomic E-state index is 0.249. The Morgan fingerprint density at radius 3 is 2.32 bits per heavy atom. The Bertz CT molecular complexity index is 377. The summed E-state index contributed by atoms with van der Waals surface area (Å²) in [6.45, 7) is 7.82. The molecular formula is C18H32N2O2. The minimum atomic E-state index is 0.249. The first kappa shape index (κ1) is 17.5. The van der Waals surface area contributed by atoms with Crippen LogP contribution in [-0.2, 0) is 9.59 Å². The van der Waals surface area contributed by atoms with Crippen molar-refractivity contribution in [3.63, 3.8) is 0 Å². The van der Waals surface area contributed by atoms with Crippen molar-refractivity contribution >= 4 is 11.7 Å². The van der Waals surface area contributed by atoms with Crippen molar-refractivity contribution in [2.75, 3.05) is 26.2 Å². The van der Waals surface area contributed by atoms with Gasteiger partial charge in [-0.1, -0.05) is 0 Å². The lowest BCUT2D eigenvalue weighted by molar-refractivity contribution is -0.127. The summed E-state index contributed by atoms with van der Waals surface area (Å²) < 4.78 is 0. The van der Waals surface area contributed by atoms with E-state index in [0.717, 1.165) is 38.8 Å². The largest absolute Gasteiger partial charge is 0.356 e. The number of amides is 1. The number of likely N-dealkylation sites (tertiary alicyclic amines) is 1. The number of hydrogen-bond donors (Lipinski definition) is 1. The molecule has 0 bridgehead atoms. The van der Waals surface area contributed by atoms with E-state index in [1.54, 1.807) is 6.92 Å². The van der Waals surface area contributed by atoms with Crippen molar-refractivity contribution in [2.24, 2.45) is 11.3 Å². The summed E-state index contributed by atoms with van der Waals surface area (Å²) in [6.07, 6.45) is 8.83. The topological polar surface area (TPSA) is 49.4 Å². The summed E-state index contributed by atoms with van der Waals surface area (Å²) in [7, 11) is 0. The highest BCUT2D eigenvalue weighted by atomic mass is 16.1. The van der Waals surface area contributed by atoms with Crippen LogP contribution in [0.25, 0.3) is 0 Å². The molecule has 1 heterocycles. The van der Waals surface area contributed by atoms with Crippen molar-refractivity contribution in [3.05, 3.63) is 0 Å². The third-order valence-corrected chi connectivity index (χ3v) is 5.69. The number of nitrogens with one attached hydrogen (secondary N) is 1. The lowest BCUT2D eigenvalue weighted by Crippen LogP contribution is -2.43. The van der Waals surface area contributed by atoms with Gasteiger partial charge < -0.3 is 15.0 Å². The van der Waals surface area contributed by atoms with Crippen molar-refractivity contribution in [2.45, 2.75) is 65.2 Å². The number of carbonyl (C=O) groups is 2. The van der Waals surface area contributed by atoms with Gasteiger partial charge in [-0.25, -0.2) is 0 Å². The highest BCUT2D eigenvalue weighted by molar-refractivity contribution is 5.78.